The smallest absolute Gasteiger partial charge is 0.460 e. The largest absolute Gasteiger partial charge is 0.480 e. The molecule has 0 saturated carbocycles. The molecule has 0 spiro atoms. The maximum atomic E-state index is 12.6. The molecule has 0 rings (SSSR count). The molecule has 0 aromatic carbocycles. The molecule has 4 nitrogen and oxygen atoms in total. The van der Waals surface area contributed by atoms with E-state index in [2.05, 4.69) is 0 Å². The zero-order valence-corrected chi connectivity index (χ0v) is 8.49. The van der Waals surface area contributed by atoms with Crippen molar-refractivity contribution in [3.63, 3.8) is 0 Å². The first kappa shape index (κ1) is 16.4. The van der Waals surface area contributed by atoms with Crippen LogP contribution in [-0.4, -0.2) is 41.0 Å². The number of amides is 1. The van der Waals surface area contributed by atoms with E-state index in [0.29, 0.717) is 6.92 Å². The number of carbonyl (C=O) groups is 2. The van der Waals surface area contributed by atoms with Gasteiger partial charge in [-0.1, -0.05) is 0 Å². The molecule has 0 unspecified atom stereocenters. The number of aliphatic carboxylic acids is 1. The van der Waals surface area contributed by atoms with Gasteiger partial charge in [-0.2, -0.15) is 30.7 Å². The average Bonchev–Trinajstić information content (AvgIpc) is 2.14. The van der Waals surface area contributed by atoms with E-state index in [1.807, 2.05) is 0 Å². The number of rotatable bonds is 4. The van der Waals surface area contributed by atoms with Crippen LogP contribution < -0.4 is 5.32 Å². The highest BCUT2D eigenvalue weighted by atomic mass is 19.4. The number of alkyl halides is 7. The number of nitrogens with one attached hydrogen (secondary N) is 1. The molecule has 0 saturated heterocycles. The molecule has 1 atom stereocenters. The topological polar surface area (TPSA) is 66.4 Å². The molecule has 0 radical (unpaired) electrons. The van der Waals surface area contributed by atoms with Gasteiger partial charge in [-0.05, 0) is 6.92 Å². The van der Waals surface area contributed by atoms with Crippen LogP contribution in [0.5, 0.6) is 0 Å². The minimum absolute atomic E-state index is 0.613. The summed E-state index contributed by atoms with van der Waals surface area (Å²) >= 11 is 0. The molecule has 0 aromatic heterocycles. The number of hydrogen-bond acceptors (Lipinski definition) is 2. The van der Waals surface area contributed by atoms with Gasteiger partial charge < -0.3 is 10.4 Å². The van der Waals surface area contributed by atoms with Crippen molar-refractivity contribution in [2.45, 2.75) is 31.0 Å². The van der Waals surface area contributed by atoms with E-state index >= 15 is 0 Å². The molecule has 2 N–H and O–H groups in total. The molecule has 18 heavy (non-hydrogen) atoms. The first-order valence-electron chi connectivity index (χ1n) is 4.11. The minimum Gasteiger partial charge on any atom is -0.480 e. The lowest BCUT2D eigenvalue weighted by Crippen LogP contribution is -2.61. The molecule has 0 fully saturated rings. The van der Waals surface area contributed by atoms with Crippen molar-refractivity contribution >= 4 is 11.9 Å². The lowest BCUT2D eigenvalue weighted by atomic mass is 10.1. The number of carboxylic acid groups (broad SMARTS) is 1. The zero-order valence-electron chi connectivity index (χ0n) is 8.49. The van der Waals surface area contributed by atoms with Gasteiger partial charge in [0, 0.05) is 0 Å². The lowest BCUT2D eigenvalue weighted by molar-refractivity contribution is -0.344. The molecule has 0 aliphatic heterocycles. The Balaban J connectivity index is 5.16. The predicted molar refractivity (Wildman–Crippen MR) is 41.2 cm³/mol. The van der Waals surface area contributed by atoms with Crippen LogP contribution in [0.3, 0.4) is 0 Å². The molecule has 0 bridgehead atoms. The summed E-state index contributed by atoms with van der Waals surface area (Å²) < 4.78 is 84.9. The van der Waals surface area contributed by atoms with E-state index in [1.54, 1.807) is 0 Å². The second-order valence-electron chi connectivity index (χ2n) is 3.18. The first-order chi connectivity index (χ1) is 7.75. The Morgan fingerprint density at radius 2 is 1.44 bits per heavy atom. The minimum atomic E-state index is -6.65. The fourth-order valence-electron chi connectivity index (χ4n) is 0.670. The third kappa shape index (κ3) is 2.82. The fourth-order valence-corrected chi connectivity index (χ4v) is 0.670. The van der Waals surface area contributed by atoms with Crippen molar-refractivity contribution in [3.8, 4) is 0 Å². The second-order valence-corrected chi connectivity index (χ2v) is 3.18. The number of carbonyl (C=O) groups excluding carboxylic acids is 1. The standard InChI is InChI=1S/C7H6F7NO3/c1-2(3(16)17)15-4(18)5(8,9)6(10,11)7(12,13)14/h2H,1H3,(H,15,18)(H,16,17)/t2-/m1/s1. The summed E-state index contributed by atoms with van der Waals surface area (Å²) in [7, 11) is 0. The SMILES string of the molecule is C[C@@H](NC(=O)C(F)(F)C(F)(F)C(F)(F)F)C(=O)O. The molecule has 0 aromatic rings. The third-order valence-corrected chi connectivity index (χ3v) is 1.75. The highest BCUT2D eigenvalue weighted by molar-refractivity contribution is 5.88. The van der Waals surface area contributed by atoms with Gasteiger partial charge in [0.25, 0.3) is 5.91 Å². The Hall–Kier alpha value is -1.55. The molecule has 0 aliphatic carbocycles. The van der Waals surface area contributed by atoms with E-state index in [1.165, 1.54) is 0 Å². The molecular formula is C7H6F7NO3. The molecule has 11 heteroatoms. The van der Waals surface area contributed by atoms with E-state index in [-0.39, 0.29) is 0 Å². The van der Waals surface area contributed by atoms with E-state index < -0.39 is 35.9 Å². The van der Waals surface area contributed by atoms with E-state index in [9.17, 15) is 40.3 Å². The van der Waals surface area contributed by atoms with Gasteiger partial charge in [-0.3, -0.25) is 9.59 Å². The Morgan fingerprint density at radius 1 is 1.06 bits per heavy atom. The van der Waals surface area contributed by atoms with Crippen molar-refractivity contribution in [2.24, 2.45) is 0 Å². The van der Waals surface area contributed by atoms with Crippen LogP contribution in [0.15, 0.2) is 0 Å². The van der Waals surface area contributed by atoms with Crippen molar-refractivity contribution in [1.29, 1.82) is 0 Å². The predicted octanol–water partition coefficient (Wildman–Crippen LogP) is 1.41. The van der Waals surface area contributed by atoms with Crippen molar-refractivity contribution < 1.29 is 45.4 Å². The third-order valence-electron chi connectivity index (χ3n) is 1.75. The molecular weight excluding hydrogens is 279 g/mol. The molecule has 0 heterocycles. The molecule has 1 amide bonds. The summed E-state index contributed by atoms with van der Waals surface area (Å²) in [5.41, 5.74) is 0. The quantitative estimate of drug-likeness (QED) is 0.767. The van der Waals surface area contributed by atoms with Gasteiger partial charge in [0.05, 0.1) is 0 Å². The second kappa shape index (κ2) is 4.61. The van der Waals surface area contributed by atoms with Gasteiger partial charge >= 0.3 is 24.0 Å². The van der Waals surface area contributed by atoms with Crippen LogP contribution in [0.1, 0.15) is 6.92 Å². The summed E-state index contributed by atoms with van der Waals surface area (Å²) in [5, 5.41) is 9.02. The van der Waals surface area contributed by atoms with Crippen molar-refractivity contribution in [3.05, 3.63) is 0 Å². The van der Waals surface area contributed by atoms with Gasteiger partial charge in [0.2, 0.25) is 0 Å². The van der Waals surface area contributed by atoms with Crippen LogP contribution in [0.2, 0.25) is 0 Å². The Kier molecular flexibility index (Phi) is 4.21. The monoisotopic (exact) mass is 285 g/mol. The molecule has 0 aliphatic rings. The summed E-state index contributed by atoms with van der Waals surface area (Å²) in [6.45, 7) is 0.613. The lowest BCUT2D eigenvalue weighted by Gasteiger charge is -2.27. The van der Waals surface area contributed by atoms with Gasteiger partial charge in [0.1, 0.15) is 6.04 Å². The highest BCUT2D eigenvalue weighted by Crippen LogP contribution is 2.46. The number of carboxylic acids is 1. The summed E-state index contributed by atoms with van der Waals surface area (Å²) in [6.07, 6.45) is -6.65. The van der Waals surface area contributed by atoms with Gasteiger partial charge in [-0.25, -0.2) is 0 Å². The van der Waals surface area contributed by atoms with Gasteiger partial charge in [0.15, 0.2) is 0 Å². The van der Waals surface area contributed by atoms with Crippen LogP contribution in [0.25, 0.3) is 0 Å². The summed E-state index contributed by atoms with van der Waals surface area (Å²) in [5.74, 6) is -17.6. The Labute approximate surface area is 94.8 Å². The maximum Gasteiger partial charge on any atom is 0.460 e. The number of halogens is 7. The number of hydrogen-bond donors (Lipinski definition) is 2. The molecule has 106 valence electrons. The Morgan fingerprint density at radius 3 is 1.72 bits per heavy atom. The fraction of sp³-hybridized carbons (Fsp3) is 0.714. The first-order valence-corrected chi connectivity index (χ1v) is 4.11. The van der Waals surface area contributed by atoms with Crippen LogP contribution >= 0.6 is 0 Å². The van der Waals surface area contributed by atoms with Crippen LogP contribution in [0.4, 0.5) is 30.7 Å². The van der Waals surface area contributed by atoms with Crippen LogP contribution in [0, 0.1) is 0 Å². The normalized spacial score (nSPS) is 15.1. The maximum absolute atomic E-state index is 12.6. The van der Waals surface area contributed by atoms with Crippen molar-refractivity contribution in [1.82, 2.24) is 5.32 Å². The Bertz CT molecular complexity index is 351. The van der Waals surface area contributed by atoms with Crippen LogP contribution in [-0.2, 0) is 9.59 Å². The zero-order chi connectivity index (χ0) is 14.9. The van der Waals surface area contributed by atoms with Crippen molar-refractivity contribution in [2.75, 3.05) is 0 Å². The van der Waals surface area contributed by atoms with E-state index in [4.69, 9.17) is 5.11 Å². The summed E-state index contributed by atoms with van der Waals surface area (Å²) in [6, 6.07) is -2.05. The average molecular weight is 285 g/mol. The van der Waals surface area contributed by atoms with Gasteiger partial charge in [-0.15, -0.1) is 0 Å². The highest BCUT2D eigenvalue weighted by Gasteiger charge is 2.76. The van der Waals surface area contributed by atoms with E-state index in [0.717, 1.165) is 5.32 Å². The summed E-state index contributed by atoms with van der Waals surface area (Å²) in [4.78, 5) is 20.7.